The number of pyridine rings is 1. The number of para-hydroxylation sites is 2. The maximum absolute atomic E-state index is 9.15. The highest BCUT2D eigenvalue weighted by molar-refractivity contribution is 5.99. The quantitative estimate of drug-likeness (QED) is 0.160. The Labute approximate surface area is 352 Å². The summed E-state index contributed by atoms with van der Waals surface area (Å²) in [6.07, 6.45) is 2.23. The molecule has 12 rings (SSSR count). The van der Waals surface area contributed by atoms with E-state index in [1.54, 1.807) is 0 Å². The summed E-state index contributed by atoms with van der Waals surface area (Å²) in [5.41, 5.74) is 19.1. The van der Waals surface area contributed by atoms with Crippen molar-refractivity contribution in [3.05, 3.63) is 193 Å². The van der Waals surface area contributed by atoms with Gasteiger partial charge in [-0.3, -0.25) is 0 Å². The van der Waals surface area contributed by atoms with Gasteiger partial charge in [0.2, 0.25) is 5.69 Å². The first kappa shape index (κ1) is 33.9. The average molecular weight is 777 g/mol. The van der Waals surface area contributed by atoms with Crippen molar-refractivity contribution in [1.29, 1.82) is 0 Å². The molecule has 0 radical (unpaired) electrons. The van der Waals surface area contributed by atoms with Gasteiger partial charge < -0.3 is 4.74 Å². The van der Waals surface area contributed by atoms with E-state index in [-0.39, 0.29) is 5.41 Å². The van der Waals surface area contributed by atoms with Gasteiger partial charge in [0.05, 0.1) is 5.56 Å². The minimum atomic E-state index is -1.07. The molecule has 0 bridgehead atoms. The zero-order valence-corrected chi connectivity index (χ0v) is 34.5. The number of fused-ring (bicyclic) bond motifs is 5. The molecule has 0 aliphatic carbocycles. The standard InChI is InChI=1S/C56H45N3O/c1-35(2)39-25-28-48(45(31-39)38-23-26-42(27-24-38)55(3,4)5)58-49-21-14-20-43-46-32-41(37-17-10-7-11-18-37)33-47-50-34-40(36-15-8-6-9-16-36)29-30-57(50)56(52(46)47)59(53(43)49)54(58)44-19-12-13-22-51(44)60-56/h6-35H,1-5H3/q+2/i35D. The van der Waals surface area contributed by atoms with E-state index in [2.05, 4.69) is 211 Å². The van der Waals surface area contributed by atoms with Crippen LogP contribution in [0.15, 0.2) is 176 Å². The molecule has 3 aliphatic heterocycles. The summed E-state index contributed by atoms with van der Waals surface area (Å²) in [4.78, 5) is 0. The maximum Gasteiger partial charge on any atom is 0.499 e. The van der Waals surface area contributed by atoms with E-state index >= 15 is 0 Å². The predicted octanol–water partition coefficient (Wildman–Crippen LogP) is 12.9. The largest absolute Gasteiger partial charge is 0.499 e. The Morgan fingerprint density at radius 1 is 0.583 bits per heavy atom. The van der Waals surface area contributed by atoms with Crippen molar-refractivity contribution >= 4 is 11.0 Å². The predicted molar refractivity (Wildman–Crippen MR) is 242 cm³/mol. The van der Waals surface area contributed by atoms with Gasteiger partial charge in [0.1, 0.15) is 22.6 Å². The number of nitrogens with zero attached hydrogens (tertiary/aromatic N) is 3. The van der Waals surface area contributed by atoms with Gasteiger partial charge >= 0.3 is 11.7 Å². The van der Waals surface area contributed by atoms with E-state index in [4.69, 9.17) is 6.11 Å². The van der Waals surface area contributed by atoms with Crippen LogP contribution in [0.1, 0.15) is 58.6 Å². The second-order valence-electron chi connectivity index (χ2n) is 17.8. The third-order valence-electron chi connectivity index (χ3n) is 13.0. The number of ether oxygens (including phenoxy) is 1. The highest BCUT2D eigenvalue weighted by atomic mass is 16.5. The molecule has 60 heavy (non-hydrogen) atoms. The number of benzene rings is 7. The van der Waals surface area contributed by atoms with Gasteiger partial charge in [-0.25, -0.2) is 0 Å². The average Bonchev–Trinajstić information content (AvgIpc) is 3.77. The molecule has 0 fully saturated rings. The van der Waals surface area contributed by atoms with Gasteiger partial charge in [-0.2, -0.15) is 4.57 Å². The van der Waals surface area contributed by atoms with Crippen LogP contribution in [0.2, 0.25) is 0 Å². The molecule has 4 nitrogen and oxygen atoms in total. The zero-order valence-electron chi connectivity index (χ0n) is 35.5. The molecule has 1 atom stereocenters. The molecule has 0 saturated heterocycles. The molecule has 288 valence electrons. The van der Waals surface area contributed by atoms with Crippen LogP contribution in [0.4, 0.5) is 0 Å². The Hall–Kier alpha value is -7.04. The fourth-order valence-electron chi connectivity index (χ4n) is 10.1. The van der Waals surface area contributed by atoms with Crippen LogP contribution in [0.25, 0.3) is 83.9 Å². The van der Waals surface area contributed by atoms with Crippen molar-refractivity contribution < 1.29 is 15.2 Å². The van der Waals surface area contributed by atoms with Crippen LogP contribution < -0.4 is 13.9 Å². The van der Waals surface area contributed by atoms with Gasteiger partial charge in [0, 0.05) is 30.2 Å². The summed E-state index contributed by atoms with van der Waals surface area (Å²) in [6.45, 7) is 10.7. The van der Waals surface area contributed by atoms with Crippen LogP contribution in [0.3, 0.4) is 0 Å². The highest BCUT2D eigenvalue weighted by Crippen LogP contribution is 2.54. The van der Waals surface area contributed by atoms with Crippen LogP contribution in [-0.2, 0) is 11.3 Å². The molecule has 7 aromatic carbocycles. The Morgan fingerprint density at radius 2 is 1.27 bits per heavy atom. The number of hydrogen-bond donors (Lipinski definition) is 0. The zero-order chi connectivity index (χ0) is 41.4. The molecule has 0 N–H and O–H groups in total. The Morgan fingerprint density at radius 3 is 2.00 bits per heavy atom. The number of hydrogen-bond acceptors (Lipinski definition) is 1. The SMILES string of the molecule is [2H]C(C)(C)c1ccc(-n2c3[n+]4c5c(cccc52)-c2cc(-c5ccccc5)cc5c2C4(Oc2ccccc2-3)[n+]2ccc(-c3ccccc3)cc2-5)c(-c2ccc(C(C)(C)C)cc2)c1. The summed E-state index contributed by atoms with van der Waals surface area (Å²) < 4.78 is 24.1. The molecule has 2 aromatic heterocycles. The first-order valence-corrected chi connectivity index (χ1v) is 21.0. The van der Waals surface area contributed by atoms with Crippen molar-refractivity contribution in [3.63, 3.8) is 0 Å². The molecular formula is C56H45N3O+2. The Bertz CT molecular complexity index is 3280. The smallest absolute Gasteiger partial charge is 0.392 e. The van der Waals surface area contributed by atoms with Gasteiger partial charge in [-0.05, 0) is 98.8 Å². The Kier molecular flexibility index (Phi) is 7.05. The van der Waals surface area contributed by atoms with Crippen molar-refractivity contribution in [3.8, 4) is 78.6 Å². The third kappa shape index (κ3) is 4.79. The minimum Gasteiger partial charge on any atom is -0.392 e. The molecule has 9 aromatic rings. The fraction of sp³-hybridized carbons (Fsp3) is 0.143. The lowest BCUT2D eigenvalue weighted by atomic mass is 9.85. The third-order valence-corrected chi connectivity index (χ3v) is 13.0. The lowest BCUT2D eigenvalue weighted by Gasteiger charge is -2.32. The van der Waals surface area contributed by atoms with Gasteiger partial charge in [0.25, 0.3) is 0 Å². The number of aromatic nitrogens is 3. The van der Waals surface area contributed by atoms with Crippen LogP contribution in [0.5, 0.6) is 5.75 Å². The topological polar surface area (TPSA) is 21.9 Å². The van der Waals surface area contributed by atoms with Crippen molar-refractivity contribution in [2.45, 2.75) is 51.8 Å². The van der Waals surface area contributed by atoms with E-state index in [0.29, 0.717) is 0 Å². The summed E-state index contributed by atoms with van der Waals surface area (Å²) in [7, 11) is 0. The molecule has 3 aliphatic rings. The highest BCUT2D eigenvalue weighted by Gasteiger charge is 2.68. The van der Waals surface area contributed by atoms with Crippen LogP contribution in [0, 0.1) is 0 Å². The van der Waals surface area contributed by atoms with E-state index in [9.17, 15) is 0 Å². The second kappa shape index (κ2) is 12.5. The lowest BCUT2D eigenvalue weighted by molar-refractivity contribution is -0.997. The van der Waals surface area contributed by atoms with Crippen molar-refractivity contribution in [2.75, 3.05) is 0 Å². The molecule has 0 saturated carbocycles. The summed E-state index contributed by atoms with van der Waals surface area (Å²) in [6, 6.07) is 61.7. The normalized spacial score (nSPS) is 15.8. The molecule has 1 spiro atoms. The van der Waals surface area contributed by atoms with Gasteiger partial charge in [-0.15, -0.1) is 9.13 Å². The fourth-order valence-corrected chi connectivity index (χ4v) is 10.1. The molecule has 5 heterocycles. The summed E-state index contributed by atoms with van der Waals surface area (Å²) in [5.74, 6) is 0.0186. The molecule has 4 heteroatoms. The molecular weight excluding hydrogens is 731 g/mol. The number of imidazole rings is 1. The second-order valence-corrected chi connectivity index (χ2v) is 17.8. The lowest BCUT2D eigenvalue weighted by Crippen LogP contribution is -2.78. The maximum atomic E-state index is 9.15. The van der Waals surface area contributed by atoms with E-state index < -0.39 is 11.7 Å². The first-order valence-electron chi connectivity index (χ1n) is 21.5. The van der Waals surface area contributed by atoms with Crippen molar-refractivity contribution in [1.82, 2.24) is 4.57 Å². The summed E-state index contributed by atoms with van der Waals surface area (Å²) in [5, 5.41) is 0. The monoisotopic (exact) mass is 776 g/mol. The minimum absolute atomic E-state index is 0.0216. The van der Waals surface area contributed by atoms with E-state index in [1.165, 1.54) is 33.4 Å². The van der Waals surface area contributed by atoms with Crippen LogP contribution in [-0.4, -0.2) is 4.57 Å². The van der Waals surface area contributed by atoms with Gasteiger partial charge in [-0.1, -0.05) is 144 Å². The number of rotatable bonds is 5. The van der Waals surface area contributed by atoms with Gasteiger partial charge in [0.15, 0.2) is 17.2 Å². The van der Waals surface area contributed by atoms with Crippen molar-refractivity contribution in [2.24, 2.45) is 0 Å². The van der Waals surface area contributed by atoms with E-state index in [0.717, 1.165) is 72.9 Å². The van der Waals surface area contributed by atoms with E-state index in [1.807, 2.05) is 13.8 Å². The molecule has 1 unspecified atom stereocenters. The first-order chi connectivity index (χ1) is 29.5. The Balaban J connectivity index is 1.23. The summed E-state index contributed by atoms with van der Waals surface area (Å²) >= 11 is 0. The van der Waals surface area contributed by atoms with Crippen LogP contribution >= 0.6 is 0 Å². The molecule has 0 amide bonds.